The van der Waals surface area contributed by atoms with Gasteiger partial charge in [-0.3, -0.25) is 14.4 Å². The van der Waals surface area contributed by atoms with Crippen LogP contribution >= 0.6 is 0 Å². The van der Waals surface area contributed by atoms with Crippen molar-refractivity contribution in [2.75, 3.05) is 18.5 Å². The molecule has 0 aliphatic rings. The Balaban J connectivity index is 1.86. The lowest BCUT2D eigenvalue weighted by Crippen LogP contribution is -2.35. The highest BCUT2D eigenvalue weighted by atomic mass is 16.5. The van der Waals surface area contributed by atoms with Gasteiger partial charge in [-0.2, -0.15) is 0 Å². The van der Waals surface area contributed by atoms with E-state index in [-0.39, 0.29) is 12.5 Å². The molecule has 28 heavy (non-hydrogen) atoms. The van der Waals surface area contributed by atoms with Crippen molar-refractivity contribution in [3.63, 3.8) is 0 Å². The van der Waals surface area contributed by atoms with Crippen LogP contribution in [0.2, 0.25) is 0 Å². The van der Waals surface area contributed by atoms with Crippen LogP contribution in [0.4, 0.5) is 5.69 Å². The number of ether oxygens (including phenoxy) is 1. The van der Waals surface area contributed by atoms with Gasteiger partial charge in [0.25, 0.3) is 5.91 Å². The second-order valence-electron chi connectivity index (χ2n) is 6.97. The maximum atomic E-state index is 12.5. The molecule has 0 spiro atoms. The molecule has 0 radical (unpaired) electrons. The number of carbonyl (C=O) groups excluding carboxylic acids is 2. The Kier molecular flexibility index (Phi) is 7.28. The zero-order valence-corrected chi connectivity index (χ0v) is 15.9. The predicted octanol–water partition coefficient (Wildman–Crippen LogP) is 2.68. The molecule has 0 atom stereocenters. The summed E-state index contributed by atoms with van der Waals surface area (Å²) in [6, 6.07) is 15.9. The molecule has 2 amide bonds. The molecule has 148 valence electrons. The van der Waals surface area contributed by atoms with Crippen LogP contribution in [0, 0.1) is 5.41 Å². The van der Waals surface area contributed by atoms with Crippen molar-refractivity contribution in [1.82, 2.24) is 5.32 Å². The lowest BCUT2D eigenvalue weighted by atomic mass is 9.93. The van der Waals surface area contributed by atoms with Crippen LogP contribution in [0.5, 0.6) is 0 Å². The Hall–Kier alpha value is -3.19. The summed E-state index contributed by atoms with van der Waals surface area (Å²) in [6.45, 7) is 3.82. The summed E-state index contributed by atoms with van der Waals surface area (Å²) >= 11 is 0. The molecule has 7 heteroatoms. The first kappa shape index (κ1) is 21.1. The molecular weight excluding hydrogens is 360 g/mol. The second-order valence-corrected chi connectivity index (χ2v) is 6.97. The average molecular weight is 384 g/mol. The number of amides is 2. The molecule has 2 aromatic rings. The van der Waals surface area contributed by atoms with Crippen molar-refractivity contribution in [3.8, 4) is 0 Å². The topological polar surface area (TPSA) is 105 Å². The number of hydrogen-bond acceptors (Lipinski definition) is 4. The van der Waals surface area contributed by atoms with Crippen molar-refractivity contribution in [1.29, 1.82) is 0 Å². The number of rotatable bonds is 9. The Morgan fingerprint density at radius 2 is 1.64 bits per heavy atom. The Bertz CT molecular complexity index is 816. The number of carbonyl (C=O) groups is 3. The zero-order chi connectivity index (χ0) is 20.6. The van der Waals surface area contributed by atoms with Crippen molar-refractivity contribution in [2.45, 2.75) is 20.5 Å². The van der Waals surface area contributed by atoms with Crippen molar-refractivity contribution in [2.24, 2.45) is 5.41 Å². The number of carboxylic acids is 1. The minimum atomic E-state index is -1.12. The lowest BCUT2D eigenvalue weighted by Gasteiger charge is -2.23. The van der Waals surface area contributed by atoms with E-state index in [4.69, 9.17) is 9.84 Å². The fourth-order valence-electron chi connectivity index (χ4n) is 2.33. The van der Waals surface area contributed by atoms with Gasteiger partial charge in [0.1, 0.15) is 6.54 Å². The van der Waals surface area contributed by atoms with E-state index in [2.05, 4.69) is 10.6 Å². The summed E-state index contributed by atoms with van der Waals surface area (Å²) in [5.41, 5.74) is 1.14. The van der Waals surface area contributed by atoms with Gasteiger partial charge in [0.15, 0.2) is 0 Å². The molecule has 0 saturated carbocycles. The summed E-state index contributed by atoms with van der Waals surface area (Å²) in [7, 11) is 0. The van der Waals surface area contributed by atoms with Gasteiger partial charge in [-0.15, -0.1) is 0 Å². The van der Waals surface area contributed by atoms with E-state index in [9.17, 15) is 14.4 Å². The Labute approximate surface area is 163 Å². The summed E-state index contributed by atoms with van der Waals surface area (Å²) in [4.78, 5) is 34.8. The van der Waals surface area contributed by atoms with E-state index >= 15 is 0 Å². The SMILES string of the molecule is CC(C)(COCc1ccccc1)C(=O)Nc1ccc(C(=O)NCC(=O)O)cc1. The van der Waals surface area contributed by atoms with Crippen LogP contribution in [-0.2, 0) is 20.9 Å². The summed E-state index contributed by atoms with van der Waals surface area (Å²) in [6.07, 6.45) is 0. The third kappa shape index (κ3) is 6.51. The molecule has 0 aliphatic heterocycles. The minimum absolute atomic E-state index is 0.205. The maximum Gasteiger partial charge on any atom is 0.322 e. The van der Waals surface area contributed by atoms with Crippen molar-refractivity contribution >= 4 is 23.5 Å². The Morgan fingerprint density at radius 3 is 2.25 bits per heavy atom. The third-order valence-electron chi connectivity index (χ3n) is 3.99. The molecule has 2 aromatic carbocycles. The van der Waals surface area contributed by atoms with Crippen LogP contribution in [0.25, 0.3) is 0 Å². The van der Waals surface area contributed by atoms with Gasteiger partial charge < -0.3 is 20.5 Å². The highest BCUT2D eigenvalue weighted by molar-refractivity contribution is 5.98. The normalized spacial score (nSPS) is 10.9. The van der Waals surface area contributed by atoms with Gasteiger partial charge in [0, 0.05) is 11.3 Å². The first-order valence-corrected chi connectivity index (χ1v) is 8.81. The molecular formula is C21H24N2O5. The summed E-state index contributed by atoms with van der Waals surface area (Å²) in [5, 5.41) is 13.7. The smallest absolute Gasteiger partial charge is 0.322 e. The number of benzene rings is 2. The number of anilines is 1. The molecule has 0 unspecified atom stereocenters. The molecule has 0 bridgehead atoms. The molecule has 7 nitrogen and oxygen atoms in total. The maximum absolute atomic E-state index is 12.5. The van der Waals surface area contributed by atoms with Crippen LogP contribution in [0.1, 0.15) is 29.8 Å². The van der Waals surface area contributed by atoms with E-state index in [1.807, 2.05) is 30.3 Å². The number of carboxylic acid groups (broad SMARTS) is 1. The molecule has 0 aliphatic carbocycles. The van der Waals surface area contributed by atoms with Crippen LogP contribution in [-0.4, -0.2) is 36.0 Å². The average Bonchev–Trinajstić information content (AvgIpc) is 2.67. The number of hydrogen-bond donors (Lipinski definition) is 3. The van der Waals surface area contributed by atoms with Crippen LogP contribution < -0.4 is 10.6 Å². The standard InChI is InChI=1S/C21H24N2O5/c1-21(2,14-28-13-15-6-4-3-5-7-15)20(27)23-17-10-8-16(9-11-17)19(26)22-12-18(24)25/h3-11H,12-14H2,1-2H3,(H,22,26)(H,23,27)(H,24,25). The second kappa shape index (κ2) is 9.66. The lowest BCUT2D eigenvalue weighted by molar-refractivity contribution is -0.135. The van der Waals surface area contributed by atoms with E-state index in [0.29, 0.717) is 17.9 Å². The molecule has 0 saturated heterocycles. The monoisotopic (exact) mass is 384 g/mol. The minimum Gasteiger partial charge on any atom is -0.480 e. The predicted molar refractivity (Wildman–Crippen MR) is 105 cm³/mol. The quantitative estimate of drug-likeness (QED) is 0.617. The highest BCUT2D eigenvalue weighted by Gasteiger charge is 2.28. The van der Waals surface area contributed by atoms with E-state index in [0.717, 1.165) is 5.56 Å². The largest absolute Gasteiger partial charge is 0.480 e. The number of aliphatic carboxylic acids is 1. The van der Waals surface area contributed by atoms with Gasteiger partial charge in [0.05, 0.1) is 18.6 Å². The van der Waals surface area contributed by atoms with Crippen molar-refractivity contribution < 1.29 is 24.2 Å². The fraction of sp³-hybridized carbons (Fsp3) is 0.286. The van der Waals surface area contributed by atoms with E-state index in [1.165, 1.54) is 12.1 Å². The third-order valence-corrected chi connectivity index (χ3v) is 3.99. The van der Waals surface area contributed by atoms with Crippen LogP contribution in [0.15, 0.2) is 54.6 Å². The Morgan fingerprint density at radius 1 is 1.00 bits per heavy atom. The molecule has 0 aromatic heterocycles. The summed E-state index contributed by atoms with van der Waals surface area (Å²) < 4.78 is 5.68. The van der Waals surface area contributed by atoms with Gasteiger partial charge >= 0.3 is 5.97 Å². The van der Waals surface area contributed by atoms with Crippen LogP contribution in [0.3, 0.4) is 0 Å². The van der Waals surface area contributed by atoms with Gasteiger partial charge in [-0.1, -0.05) is 30.3 Å². The van der Waals surface area contributed by atoms with Gasteiger partial charge in [-0.25, -0.2) is 0 Å². The van der Waals surface area contributed by atoms with Gasteiger partial charge in [0.2, 0.25) is 5.91 Å². The number of nitrogens with one attached hydrogen (secondary N) is 2. The molecule has 0 heterocycles. The molecule has 2 rings (SSSR count). The molecule has 0 fully saturated rings. The zero-order valence-electron chi connectivity index (χ0n) is 15.9. The highest BCUT2D eigenvalue weighted by Crippen LogP contribution is 2.20. The first-order chi connectivity index (χ1) is 13.3. The van der Waals surface area contributed by atoms with Gasteiger partial charge in [-0.05, 0) is 43.7 Å². The van der Waals surface area contributed by atoms with E-state index in [1.54, 1.807) is 26.0 Å². The first-order valence-electron chi connectivity index (χ1n) is 8.81. The van der Waals surface area contributed by atoms with E-state index < -0.39 is 23.8 Å². The summed E-state index contributed by atoms with van der Waals surface area (Å²) in [5.74, 6) is -1.81. The van der Waals surface area contributed by atoms with Crippen molar-refractivity contribution in [3.05, 3.63) is 65.7 Å². The fourth-order valence-corrected chi connectivity index (χ4v) is 2.33. The molecule has 3 N–H and O–H groups in total.